The van der Waals surface area contributed by atoms with Gasteiger partial charge in [0.05, 0.1) is 12.5 Å². The third kappa shape index (κ3) is 0.754. The maximum absolute atomic E-state index is 11.6. The van der Waals surface area contributed by atoms with Crippen LogP contribution in [-0.4, -0.2) is 12.6 Å². The van der Waals surface area contributed by atoms with Crippen molar-refractivity contribution in [3.63, 3.8) is 0 Å². The van der Waals surface area contributed by atoms with E-state index in [1.54, 1.807) is 0 Å². The lowest BCUT2D eigenvalue weighted by atomic mass is 9.50. The number of ether oxygens (including phenoxy) is 1. The maximum atomic E-state index is 11.6. The zero-order valence-corrected chi connectivity index (χ0v) is 9.35. The van der Waals surface area contributed by atoms with Gasteiger partial charge in [0, 0.05) is 5.92 Å². The molecule has 2 bridgehead atoms. The van der Waals surface area contributed by atoms with E-state index in [2.05, 4.69) is 13.8 Å². The summed E-state index contributed by atoms with van der Waals surface area (Å²) >= 11 is 0. The average Bonchev–Trinajstić information content (AvgIpc) is 2.73. The van der Waals surface area contributed by atoms with E-state index in [4.69, 9.17) is 4.74 Å². The molecular weight excluding hydrogens is 188 g/mol. The molecule has 0 N–H and O–H groups in total. The minimum Gasteiger partial charge on any atom is -0.465 e. The summed E-state index contributed by atoms with van der Waals surface area (Å²) in [4.78, 5) is 11.6. The van der Waals surface area contributed by atoms with Crippen LogP contribution in [0.2, 0.25) is 0 Å². The highest BCUT2D eigenvalue weighted by molar-refractivity contribution is 5.77. The maximum Gasteiger partial charge on any atom is 0.309 e. The van der Waals surface area contributed by atoms with Gasteiger partial charge in [0.25, 0.3) is 0 Å². The summed E-state index contributed by atoms with van der Waals surface area (Å²) in [5.41, 5.74) is 0. The largest absolute Gasteiger partial charge is 0.465 e. The lowest BCUT2D eigenvalue weighted by Gasteiger charge is -2.52. The number of cyclic esters (lactones) is 1. The van der Waals surface area contributed by atoms with Crippen LogP contribution in [0.1, 0.15) is 20.3 Å². The summed E-state index contributed by atoms with van der Waals surface area (Å²) in [5.74, 6) is 6.05. The number of hydrogen-bond acceptors (Lipinski definition) is 2. The Kier molecular flexibility index (Phi) is 1.38. The van der Waals surface area contributed by atoms with E-state index in [1.165, 1.54) is 6.42 Å². The summed E-state index contributed by atoms with van der Waals surface area (Å²) in [7, 11) is 0. The fourth-order valence-electron chi connectivity index (χ4n) is 5.42. The minimum absolute atomic E-state index is 0.119. The summed E-state index contributed by atoms with van der Waals surface area (Å²) in [6, 6.07) is 0. The number of hydrogen-bond donors (Lipinski definition) is 0. The van der Waals surface area contributed by atoms with E-state index in [9.17, 15) is 4.79 Å². The fraction of sp³-hybridized carbons (Fsp3) is 0.923. The van der Waals surface area contributed by atoms with E-state index in [1.807, 2.05) is 0 Å². The smallest absolute Gasteiger partial charge is 0.309 e. The molecule has 0 amide bonds. The van der Waals surface area contributed by atoms with Gasteiger partial charge in [0.1, 0.15) is 0 Å². The first-order valence-corrected chi connectivity index (χ1v) is 6.37. The standard InChI is InChI=1S/C13H18O2/c1-5-6(2)8-3-7(5)10-9-4-15-13(14)12(9)11(8)10/h5-12H,3-4H2,1-2H3. The number of rotatable bonds is 0. The molecule has 0 radical (unpaired) electrons. The van der Waals surface area contributed by atoms with Crippen molar-refractivity contribution in [2.24, 2.45) is 47.3 Å². The molecule has 0 aromatic carbocycles. The van der Waals surface area contributed by atoms with Gasteiger partial charge >= 0.3 is 5.97 Å². The minimum atomic E-state index is 0.119. The van der Waals surface area contributed by atoms with Gasteiger partial charge in [-0.05, 0) is 41.9 Å². The first kappa shape index (κ1) is 8.60. The Bertz CT molecular complexity index is 337. The highest BCUT2D eigenvalue weighted by Gasteiger charge is 2.70. The molecule has 2 heteroatoms. The molecule has 82 valence electrons. The van der Waals surface area contributed by atoms with Crippen molar-refractivity contribution in [3.05, 3.63) is 0 Å². The van der Waals surface area contributed by atoms with Crippen molar-refractivity contribution in [2.45, 2.75) is 20.3 Å². The number of carbonyl (C=O) groups is 1. The van der Waals surface area contributed by atoms with E-state index in [0.717, 1.165) is 36.2 Å². The van der Waals surface area contributed by atoms with Crippen LogP contribution >= 0.6 is 0 Å². The lowest BCUT2D eigenvalue weighted by molar-refractivity contribution is -0.149. The van der Waals surface area contributed by atoms with Gasteiger partial charge in [-0.15, -0.1) is 0 Å². The fourth-order valence-corrected chi connectivity index (χ4v) is 5.42. The molecule has 4 rings (SSSR count). The van der Waals surface area contributed by atoms with Crippen LogP contribution in [0.5, 0.6) is 0 Å². The number of esters is 1. The van der Waals surface area contributed by atoms with Gasteiger partial charge < -0.3 is 4.74 Å². The van der Waals surface area contributed by atoms with Crippen LogP contribution in [-0.2, 0) is 9.53 Å². The van der Waals surface area contributed by atoms with E-state index >= 15 is 0 Å². The number of fused-ring (bicyclic) bond motifs is 8. The Morgan fingerprint density at radius 1 is 1.07 bits per heavy atom. The monoisotopic (exact) mass is 206 g/mol. The van der Waals surface area contributed by atoms with Crippen molar-refractivity contribution in [3.8, 4) is 0 Å². The van der Waals surface area contributed by atoms with Gasteiger partial charge in [-0.1, -0.05) is 13.8 Å². The van der Waals surface area contributed by atoms with Gasteiger partial charge in [-0.25, -0.2) is 0 Å². The van der Waals surface area contributed by atoms with Crippen LogP contribution < -0.4 is 0 Å². The Morgan fingerprint density at radius 3 is 2.47 bits per heavy atom. The second-order valence-corrected chi connectivity index (χ2v) is 6.26. The van der Waals surface area contributed by atoms with Crippen LogP contribution in [0.15, 0.2) is 0 Å². The van der Waals surface area contributed by atoms with Gasteiger partial charge in [-0.3, -0.25) is 4.79 Å². The Morgan fingerprint density at radius 2 is 1.73 bits per heavy atom. The van der Waals surface area contributed by atoms with E-state index in [0.29, 0.717) is 17.8 Å². The third-order valence-corrected chi connectivity index (χ3v) is 6.22. The zero-order valence-electron chi connectivity index (χ0n) is 9.35. The van der Waals surface area contributed by atoms with Gasteiger partial charge in [-0.2, -0.15) is 0 Å². The topological polar surface area (TPSA) is 26.3 Å². The predicted octanol–water partition coefficient (Wildman–Crippen LogP) is 1.94. The molecule has 0 spiro atoms. The van der Waals surface area contributed by atoms with Crippen LogP contribution in [0.3, 0.4) is 0 Å². The van der Waals surface area contributed by atoms with Crippen LogP contribution in [0.4, 0.5) is 0 Å². The van der Waals surface area contributed by atoms with Crippen molar-refractivity contribution >= 4 is 5.97 Å². The Hall–Kier alpha value is -0.530. The first-order chi connectivity index (χ1) is 7.20. The SMILES string of the molecule is CC1C(C)C2CC1C1C3COC(=O)C3C21. The van der Waals surface area contributed by atoms with Crippen molar-refractivity contribution < 1.29 is 9.53 Å². The molecule has 1 aliphatic heterocycles. The third-order valence-electron chi connectivity index (χ3n) is 6.22. The normalized spacial score (nSPS) is 64.8. The van der Waals surface area contributed by atoms with Gasteiger partial charge in [0.15, 0.2) is 0 Å². The quantitative estimate of drug-likeness (QED) is 0.566. The van der Waals surface area contributed by atoms with Crippen molar-refractivity contribution in [1.82, 2.24) is 0 Å². The second-order valence-electron chi connectivity index (χ2n) is 6.26. The van der Waals surface area contributed by atoms with Crippen LogP contribution in [0, 0.1) is 47.3 Å². The average molecular weight is 206 g/mol. The van der Waals surface area contributed by atoms with Crippen molar-refractivity contribution in [1.29, 1.82) is 0 Å². The molecule has 1 heterocycles. The summed E-state index contributed by atoms with van der Waals surface area (Å²) in [6.07, 6.45) is 1.40. The Balaban J connectivity index is 1.71. The first-order valence-electron chi connectivity index (χ1n) is 6.37. The van der Waals surface area contributed by atoms with Gasteiger partial charge in [0.2, 0.25) is 0 Å². The highest BCUT2D eigenvalue weighted by Crippen LogP contribution is 2.70. The predicted molar refractivity (Wildman–Crippen MR) is 54.8 cm³/mol. The lowest BCUT2D eigenvalue weighted by Crippen LogP contribution is -2.53. The molecule has 8 unspecified atom stereocenters. The van der Waals surface area contributed by atoms with Crippen LogP contribution in [0.25, 0.3) is 0 Å². The highest BCUT2D eigenvalue weighted by atomic mass is 16.5. The summed E-state index contributed by atoms with van der Waals surface area (Å²) < 4.78 is 5.23. The zero-order chi connectivity index (χ0) is 10.3. The summed E-state index contributed by atoms with van der Waals surface area (Å²) in [5, 5.41) is 0. The Labute approximate surface area is 90.4 Å². The second kappa shape index (κ2) is 2.41. The molecule has 1 saturated heterocycles. The molecule has 0 aromatic heterocycles. The molecule has 4 fully saturated rings. The van der Waals surface area contributed by atoms with E-state index in [-0.39, 0.29) is 5.97 Å². The van der Waals surface area contributed by atoms with E-state index < -0.39 is 0 Å². The number of carbonyl (C=O) groups excluding carboxylic acids is 1. The molecular formula is C13H18O2. The van der Waals surface area contributed by atoms with Crippen molar-refractivity contribution in [2.75, 3.05) is 6.61 Å². The molecule has 3 aliphatic carbocycles. The molecule has 4 aliphatic rings. The molecule has 8 atom stereocenters. The molecule has 3 saturated carbocycles. The molecule has 2 nitrogen and oxygen atoms in total. The molecule has 15 heavy (non-hydrogen) atoms. The summed E-state index contributed by atoms with van der Waals surface area (Å²) in [6.45, 7) is 5.53. The molecule has 0 aromatic rings.